The van der Waals surface area contributed by atoms with Crippen molar-refractivity contribution in [3.63, 3.8) is 0 Å². The van der Waals surface area contributed by atoms with Crippen molar-refractivity contribution in [2.75, 3.05) is 6.26 Å². The molecule has 0 fully saturated rings. The van der Waals surface area contributed by atoms with Gasteiger partial charge in [-0.05, 0) is 36.4 Å². The first-order chi connectivity index (χ1) is 14.5. The number of aromatic nitrogens is 3. The highest BCUT2D eigenvalue weighted by Gasteiger charge is 2.35. The maximum atomic E-state index is 13.4. The van der Waals surface area contributed by atoms with Gasteiger partial charge in [0.05, 0.1) is 32.5 Å². The number of rotatable bonds is 4. The van der Waals surface area contributed by atoms with Crippen molar-refractivity contribution < 1.29 is 21.6 Å². The molecule has 2 aromatic heterocycles. The average Bonchev–Trinajstić information content (AvgIpc) is 3.37. The third-order valence-electron chi connectivity index (χ3n) is 4.48. The highest BCUT2D eigenvalue weighted by molar-refractivity contribution is 7.90. The zero-order valence-electron chi connectivity index (χ0n) is 15.8. The smallest absolute Gasteiger partial charge is 0.245 e. The Hall–Kier alpha value is -2.69. The van der Waals surface area contributed by atoms with E-state index in [0.29, 0.717) is 21.8 Å². The number of thiazole rings is 1. The van der Waals surface area contributed by atoms with E-state index in [1.165, 1.54) is 35.6 Å². The predicted molar refractivity (Wildman–Crippen MR) is 113 cm³/mol. The Morgan fingerprint density at radius 3 is 2.32 bits per heavy atom. The minimum Gasteiger partial charge on any atom is -0.245 e. The normalized spacial score (nSPS) is 12.3. The van der Waals surface area contributed by atoms with E-state index >= 15 is 0 Å². The zero-order valence-corrected chi connectivity index (χ0v) is 18.1. The molecule has 0 amide bonds. The van der Waals surface area contributed by atoms with Crippen LogP contribution >= 0.6 is 22.9 Å². The molecule has 0 saturated heterocycles. The van der Waals surface area contributed by atoms with E-state index in [1.54, 1.807) is 23.7 Å². The van der Waals surface area contributed by atoms with Crippen LogP contribution in [0.2, 0.25) is 5.02 Å². The van der Waals surface area contributed by atoms with Gasteiger partial charge in [-0.1, -0.05) is 23.7 Å². The molecule has 0 aliphatic rings. The van der Waals surface area contributed by atoms with Crippen LogP contribution in [0.5, 0.6) is 0 Å². The van der Waals surface area contributed by atoms with Gasteiger partial charge in [-0.15, -0.1) is 11.3 Å². The van der Waals surface area contributed by atoms with Gasteiger partial charge < -0.3 is 0 Å². The first-order valence-corrected chi connectivity index (χ1v) is 11.9. The molecule has 0 atom stereocenters. The Balaban J connectivity index is 1.84. The number of alkyl halides is 3. The summed E-state index contributed by atoms with van der Waals surface area (Å²) in [6, 6.07) is 11.2. The van der Waals surface area contributed by atoms with Crippen molar-refractivity contribution in [3.8, 4) is 28.2 Å². The van der Waals surface area contributed by atoms with E-state index in [2.05, 4.69) is 10.1 Å². The zero-order chi connectivity index (χ0) is 22.4. The van der Waals surface area contributed by atoms with E-state index < -0.39 is 21.7 Å². The van der Waals surface area contributed by atoms with Gasteiger partial charge in [0.2, 0.25) is 0 Å². The maximum Gasteiger partial charge on any atom is 0.435 e. The SMILES string of the molecule is CS(=O)(=O)c1ccc(-n2nc(C(F)(F)F)cc2-c2ccc(-c3cscn3)c(Cl)c2)cc1. The standard InChI is InChI=1S/C20H13ClF3N3O2S2/c1-31(28,29)14-5-3-13(4-6-14)27-18(9-19(26-27)20(22,23)24)12-2-7-15(16(21)8-12)17-10-30-11-25-17/h2-11H,1H3. The van der Waals surface area contributed by atoms with Gasteiger partial charge in [0, 0.05) is 22.8 Å². The Labute approximate surface area is 184 Å². The van der Waals surface area contributed by atoms with Crippen molar-refractivity contribution in [2.24, 2.45) is 0 Å². The monoisotopic (exact) mass is 483 g/mol. The highest BCUT2D eigenvalue weighted by atomic mass is 35.5. The maximum absolute atomic E-state index is 13.4. The lowest BCUT2D eigenvalue weighted by Gasteiger charge is -2.10. The highest BCUT2D eigenvalue weighted by Crippen LogP contribution is 2.36. The molecule has 5 nitrogen and oxygen atoms in total. The number of nitrogens with zero attached hydrogens (tertiary/aromatic N) is 3. The van der Waals surface area contributed by atoms with Gasteiger partial charge in [-0.3, -0.25) is 0 Å². The molecule has 0 bridgehead atoms. The third kappa shape index (κ3) is 4.36. The fraction of sp³-hybridized carbons (Fsp3) is 0.100. The molecular weight excluding hydrogens is 471 g/mol. The Kier molecular flexibility index (Phi) is 5.40. The quantitative estimate of drug-likeness (QED) is 0.371. The predicted octanol–water partition coefficient (Wildman–Crippen LogP) is 5.74. The van der Waals surface area contributed by atoms with Gasteiger partial charge >= 0.3 is 6.18 Å². The van der Waals surface area contributed by atoms with Gasteiger partial charge in [0.15, 0.2) is 15.5 Å². The van der Waals surface area contributed by atoms with E-state index in [4.69, 9.17) is 11.6 Å². The molecule has 0 N–H and O–H groups in total. The molecule has 160 valence electrons. The van der Waals surface area contributed by atoms with Crippen LogP contribution in [0.3, 0.4) is 0 Å². The van der Waals surface area contributed by atoms with Crippen LogP contribution in [-0.4, -0.2) is 29.4 Å². The van der Waals surface area contributed by atoms with Crippen LogP contribution in [-0.2, 0) is 16.0 Å². The molecule has 0 radical (unpaired) electrons. The second kappa shape index (κ2) is 7.77. The number of benzene rings is 2. The summed E-state index contributed by atoms with van der Waals surface area (Å²) in [5.74, 6) is 0. The first kappa shape index (κ1) is 21.5. The second-order valence-electron chi connectivity index (χ2n) is 6.66. The molecule has 0 aliphatic heterocycles. The molecule has 0 saturated carbocycles. The van der Waals surface area contributed by atoms with E-state index in [9.17, 15) is 21.6 Å². The summed E-state index contributed by atoms with van der Waals surface area (Å²) >= 11 is 7.78. The minimum absolute atomic E-state index is 0.0525. The molecular formula is C20H13ClF3N3O2S2. The van der Waals surface area contributed by atoms with Gasteiger partial charge in [-0.25, -0.2) is 18.1 Å². The van der Waals surface area contributed by atoms with Crippen LogP contribution in [0.1, 0.15) is 5.69 Å². The van der Waals surface area contributed by atoms with Crippen molar-refractivity contribution in [1.29, 1.82) is 0 Å². The topological polar surface area (TPSA) is 64.8 Å². The van der Waals surface area contributed by atoms with Crippen molar-refractivity contribution in [2.45, 2.75) is 11.1 Å². The second-order valence-corrected chi connectivity index (χ2v) is 9.80. The number of sulfone groups is 1. The molecule has 11 heteroatoms. The lowest BCUT2D eigenvalue weighted by molar-refractivity contribution is -0.141. The summed E-state index contributed by atoms with van der Waals surface area (Å²) in [6.07, 6.45) is -3.61. The summed E-state index contributed by atoms with van der Waals surface area (Å²) in [4.78, 5) is 4.25. The summed E-state index contributed by atoms with van der Waals surface area (Å²) in [6.45, 7) is 0. The molecule has 0 aliphatic carbocycles. The molecule has 2 heterocycles. The van der Waals surface area contributed by atoms with E-state index in [0.717, 1.165) is 17.0 Å². The Morgan fingerprint density at radius 1 is 1.06 bits per heavy atom. The van der Waals surface area contributed by atoms with Gasteiger partial charge in [-0.2, -0.15) is 18.3 Å². The summed E-state index contributed by atoms with van der Waals surface area (Å²) in [5, 5.41) is 5.86. The van der Waals surface area contributed by atoms with Crippen molar-refractivity contribution >= 4 is 32.8 Å². The molecule has 31 heavy (non-hydrogen) atoms. The van der Waals surface area contributed by atoms with Crippen LogP contribution in [0.25, 0.3) is 28.2 Å². The Morgan fingerprint density at radius 2 is 1.77 bits per heavy atom. The lowest BCUT2D eigenvalue weighted by atomic mass is 10.1. The lowest BCUT2D eigenvalue weighted by Crippen LogP contribution is -2.07. The number of halogens is 4. The third-order valence-corrected chi connectivity index (χ3v) is 6.51. The average molecular weight is 484 g/mol. The molecule has 0 spiro atoms. The molecule has 0 unspecified atom stereocenters. The number of hydrogen-bond donors (Lipinski definition) is 0. The van der Waals surface area contributed by atoms with Gasteiger partial charge in [0.1, 0.15) is 0 Å². The Bertz CT molecular complexity index is 1350. The van der Waals surface area contributed by atoms with E-state index in [-0.39, 0.29) is 16.3 Å². The molecule has 2 aromatic carbocycles. The van der Waals surface area contributed by atoms with Crippen LogP contribution < -0.4 is 0 Å². The minimum atomic E-state index is -4.66. The van der Waals surface area contributed by atoms with Crippen molar-refractivity contribution in [3.05, 3.63) is 70.1 Å². The fourth-order valence-electron chi connectivity index (χ4n) is 2.98. The summed E-state index contributed by atoms with van der Waals surface area (Å²) < 4.78 is 64.6. The fourth-order valence-corrected chi connectivity index (χ4v) is 4.44. The number of hydrogen-bond acceptors (Lipinski definition) is 5. The van der Waals surface area contributed by atoms with E-state index in [1.807, 2.05) is 5.38 Å². The van der Waals surface area contributed by atoms with Crippen LogP contribution in [0.15, 0.2) is 64.3 Å². The van der Waals surface area contributed by atoms with Crippen LogP contribution in [0.4, 0.5) is 13.2 Å². The largest absolute Gasteiger partial charge is 0.435 e. The summed E-state index contributed by atoms with van der Waals surface area (Å²) in [5.41, 5.74) is 2.76. The first-order valence-electron chi connectivity index (χ1n) is 8.70. The molecule has 4 rings (SSSR count). The van der Waals surface area contributed by atoms with Crippen LogP contribution in [0, 0.1) is 0 Å². The van der Waals surface area contributed by atoms with Gasteiger partial charge in [0.25, 0.3) is 0 Å². The molecule has 4 aromatic rings. The van der Waals surface area contributed by atoms with Crippen molar-refractivity contribution in [1.82, 2.24) is 14.8 Å². The summed E-state index contributed by atoms with van der Waals surface area (Å²) in [7, 11) is -3.45.